The van der Waals surface area contributed by atoms with Crippen LogP contribution in [0.3, 0.4) is 0 Å². The van der Waals surface area contributed by atoms with Crippen molar-refractivity contribution in [1.29, 1.82) is 0 Å². The molecule has 2 rings (SSSR count). The van der Waals surface area contributed by atoms with E-state index in [0.717, 1.165) is 30.0 Å². The molecule has 0 amide bonds. The van der Waals surface area contributed by atoms with Gasteiger partial charge < -0.3 is 5.11 Å². The van der Waals surface area contributed by atoms with E-state index in [4.69, 9.17) is 0 Å². The Hall–Kier alpha value is -1.50. The monoisotopic (exact) mass is 228 g/mol. The zero-order valence-electron chi connectivity index (χ0n) is 10.7. The summed E-state index contributed by atoms with van der Waals surface area (Å²) in [5, 5.41) is 12.0. The van der Waals surface area contributed by atoms with Crippen molar-refractivity contribution in [2.24, 2.45) is 0 Å². The predicted octanol–water partition coefficient (Wildman–Crippen LogP) is 4.45. The fraction of sp³-hybridized carbons (Fsp3) is 0.375. The molecule has 0 saturated carbocycles. The molecule has 0 saturated heterocycles. The normalized spacial score (nSPS) is 10.9. The molecule has 0 atom stereocenters. The van der Waals surface area contributed by atoms with Crippen molar-refractivity contribution in [3.63, 3.8) is 0 Å². The minimum atomic E-state index is 0.392. The van der Waals surface area contributed by atoms with E-state index in [1.54, 1.807) is 6.07 Å². The number of rotatable bonds is 4. The average molecular weight is 228 g/mol. The van der Waals surface area contributed by atoms with Gasteiger partial charge >= 0.3 is 0 Å². The maximum absolute atomic E-state index is 9.88. The molecular weight excluding hydrogens is 208 g/mol. The molecule has 1 nitrogen and oxygen atoms in total. The van der Waals surface area contributed by atoms with Crippen LogP contribution in [0.1, 0.15) is 37.8 Å². The third-order valence-corrected chi connectivity index (χ3v) is 3.22. The van der Waals surface area contributed by atoms with E-state index in [0.29, 0.717) is 5.75 Å². The van der Waals surface area contributed by atoms with Crippen molar-refractivity contribution < 1.29 is 5.11 Å². The van der Waals surface area contributed by atoms with Crippen molar-refractivity contribution >= 4 is 10.8 Å². The van der Waals surface area contributed by atoms with Gasteiger partial charge in [-0.15, -0.1) is 0 Å². The van der Waals surface area contributed by atoms with Crippen molar-refractivity contribution in [2.45, 2.75) is 39.5 Å². The van der Waals surface area contributed by atoms with Gasteiger partial charge in [-0.3, -0.25) is 0 Å². The van der Waals surface area contributed by atoms with Gasteiger partial charge in [0.15, 0.2) is 0 Å². The summed E-state index contributed by atoms with van der Waals surface area (Å²) < 4.78 is 0. The highest BCUT2D eigenvalue weighted by molar-refractivity contribution is 5.89. The zero-order chi connectivity index (χ0) is 12.3. The quantitative estimate of drug-likeness (QED) is 0.819. The van der Waals surface area contributed by atoms with Gasteiger partial charge in [0.1, 0.15) is 5.75 Å². The topological polar surface area (TPSA) is 20.2 Å². The first-order valence-corrected chi connectivity index (χ1v) is 6.49. The molecule has 0 aromatic heterocycles. The minimum absolute atomic E-state index is 0.392. The van der Waals surface area contributed by atoms with Crippen LogP contribution in [-0.2, 0) is 12.8 Å². The average Bonchev–Trinajstić information content (AvgIpc) is 2.32. The molecule has 0 fully saturated rings. The Bertz CT molecular complexity index is 514. The molecule has 0 unspecified atom stereocenters. The summed E-state index contributed by atoms with van der Waals surface area (Å²) in [6.45, 7) is 4.41. The lowest BCUT2D eigenvalue weighted by atomic mass is 9.95. The largest absolute Gasteiger partial charge is 0.507 e. The second kappa shape index (κ2) is 5.22. The molecule has 0 aliphatic carbocycles. The minimum Gasteiger partial charge on any atom is -0.507 e. The van der Waals surface area contributed by atoms with Gasteiger partial charge in [0.05, 0.1) is 0 Å². The van der Waals surface area contributed by atoms with E-state index >= 15 is 0 Å². The highest BCUT2D eigenvalue weighted by Crippen LogP contribution is 2.28. The van der Waals surface area contributed by atoms with E-state index in [9.17, 15) is 5.11 Å². The highest BCUT2D eigenvalue weighted by atomic mass is 16.3. The SMILES string of the molecule is CCCc1cc2cccc(O)c2cc1CCC. The van der Waals surface area contributed by atoms with Gasteiger partial charge in [-0.25, -0.2) is 0 Å². The molecule has 0 spiro atoms. The highest BCUT2D eigenvalue weighted by Gasteiger charge is 2.06. The summed E-state index contributed by atoms with van der Waals surface area (Å²) in [5.74, 6) is 0.392. The van der Waals surface area contributed by atoms with Gasteiger partial charge in [0, 0.05) is 5.39 Å². The second-order valence-corrected chi connectivity index (χ2v) is 4.62. The van der Waals surface area contributed by atoms with Crippen molar-refractivity contribution in [2.75, 3.05) is 0 Å². The second-order valence-electron chi connectivity index (χ2n) is 4.62. The van der Waals surface area contributed by atoms with Gasteiger partial charge in [-0.2, -0.15) is 0 Å². The predicted molar refractivity (Wildman–Crippen MR) is 73.6 cm³/mol. The number of hydrogen-bond donors (Lipinski definition) is 1. The Morgan fingerprint density at radius 1 is 0.941 bits per heavy atom. The molecule has 1 N–H and O–H groups in total. The van der Waals surface area contributed by atoms with Crippen LogP contribution in [0.5, 0.6) is 5.75 Å². The Kier molecular flexibility index (Phi) is 3.68. The number of fused-ring (bicyclic) bond motifs is 1. The fourth-order valence-electron chi connectivity index (χ4n) is 2.40. The van der Waals surface area contributed by atoms with E-state index < -0.39 is 0 Å². The van der Waals surface area contributed by atoms with Gasteiger partial charge in [0.2, 0.25) is 0 Å². The summed E-state index contributed by atoms with van der Waals surface area (Å²) in [7, 11) is 0. The first kappa shape index (κ1) is 12.0. The summed E-state index contributed by atoms with van der Waals surface area (Å²) in [5.41, 5.74) is 2.83. The molecule has 0 aliphatic rings. The molecule has 0 bridgehead atoms. The van der Waals surface area contributed by atoms with Crippen LogP contribution in [0.15, 0.2) is 30.3 Å². The van der Waals surface area contributed by atoms with Crippen LogP contribution in [0.25, 0.3) is 10.8 Å². The van der Waals surface area contributed by atoms with Crippen molar-refractivity contribution in [1.82, 2.24) is 0 Å². The lowest BCUT2D eigenvalue weighted by Crippen LogP contribution is -1.94. The van der Waals surface area contributed by atoms with Crippen LogP contribution in [0.4, 0.5) is 0 Å². The lowest BCUT2D eigenvalue weighted by molar-refractivity contribution is 0.481. The molecular formula is C16H20O. The first-order chi connectivity index (χ1) is 8.26. The number of hydrogen-bond acceptors (Lipinski definition) is 1. The summed E-state index contributed by atoms with van der Waals surface area (Å²) in [6.07, 6.45) is 4.54. The number of benzene rings is 2. The van der Waals surface area contributed by atoms with E-state index in [1.807, 2.05) is 6.07 Å². The molecule has 0 heterocycles. The fourth-order valence-corrected chi connectivity index (χ4v) is 2.40. The molecule has 2 aromatic carbocycles. The van der Waals surface area contributed by atoms with Gasteiger partial charge in [0.25, 0.3) is 0 Å². The maximum Gasteiger partial charge on any atom is 0.123 e. The van der Waals surface area contributed by atoms with Crippen LogP contribution in [0, 0.1) is 0 Å². The van der Waals surface area contributed by atoms with Crippen molar-refractivity contribution in [3.05, 3.63) is 41.5 Å². The van der Waals surface area contributed by atoms with Crippen LogP contribution >= 0.6 is 0 Å². The number of phenolic OH excluding ortho intramolecular Hbond substituents is 1. The third kappa shape index (κ3) is 2.44. The van der Waals surface area contributed by atoms with E-state index in [1.165, 1.54) is 17.5 Å². The van der Waals surface area contributed by atoms with E-state index in [2.05, 4.69) is 32.0 Å². The third-order valence-electron chi connectivity index (χ3n) is 3.22. The molecule has 90 valence electrons. The number of aromatic hydroxyl groups is 1. The Morgan fingerprint density at radius 3 is 2.24 bits per heavy atom. The Balaban J connectivity index is 2.59. The first-order valence-electron chi connectivity index (χ1n) is 6.49. The van der Waals surface area contributed by atoms with Crippen LogP contribution in [0.2, 0.25) is 0 Å². The summed E-state index contributed by atoms with van der Waals surface area (Å²) in [4.78, 5) is 0. The van der Waals surface area contributed by atoms with E-state index in [-0.39, 0.29) is 0 Å². The summed E-state index contributed by atoms with van der Waals surface area (Å²) in [6, 6.07) is 10.1. The summed E-state index contributed by atoms with van der Waals surface area (Å²) >= 11 is 0. The lowest BCUT2D eigenvalue weighted by Gasteiger charge is -2.11. The van der Waals surface area contributed by atoms with Gasteiger partial charge in [-0.05, 0) is 41.5 Å². The zero-order valence-corrected chi connectivity index (χ0v) is 10.7. The number of phenols is 1. The van der Waals surface area contributed by atoms with Crippen molar-refractivity contribution in [3.8, 4) is 5.75 Å². The van der Waals surface area contributed by atoms with Gasteiger partial charge in [-0.1, -0.05) is 44.9 Å². The smallest absolute Gasteiger partial charge is 0.123 e. The molecule has 2 aromatic rings. The number of aryl methyl sites for hydroxylation is 2. The van der Waals surface area contributed by atoms with Crippen LogP contribution < -0.4 is 0 Å². The Morgan fingerprint density at radius 2 is 1.59 bits per heavy atom. The standard InChI is InChI=1S/C16H20O/c1-3-6-12-10-14-8-5-9-16(17)15(14)11-13(12)7-4-2/h5,8-11,17H,3-4,6-7H2,1-2H3. The molecule has 0 radical (unpaired) electrons. The molecule has 0 aliphatic heterocycles. The Labute approximate surface area is 103 Å². The molecule has 1 heteroatoms. The molecule has 17 heavy (non-hydrogen) atoms. The van der Waals surface area contributed by atoms with Crippen LogP contribution in [-0.4, -0.2) is 5.11 Å². The maximum atomic E-state index is 9.88.